The molecule has 0 radical (unpaired) electrons. The number of nitrogens with zero attached hydrogens (tertiary/aromatic N) is 1. The molecule has 1 aromatic rings. The van der Waals surface area contributed by atoms with E-state index in [1.807, 2.05) is 0 Å². The van der Waals surface area contributed by atoms with Crippen LogP contribution in [0.3, 0.4) is 0 Å². The first-order valence-corrected chi connectivity index (χ1v) is 9.46. The Balaban J connectivity index is 2.47. The van der Waals surface area contributed by atoms with E-state index in [2.05, 4.69) is 15.3 Å². The fraction of sp³-hybridized carbons (Fsp3) is 0.273. The van der Waals surface area contributed by atoms with Gasteiger partial charge in [0, 0.05) is 5.69 Å². The second-order valence-corrected chi connectivity index (χ2v) is 7.49. The van der Waals surface area contributed by atoms with Crippen LogP contribution in [0, 0.1) is 0 Å². The number of carbonyl (C=O) groups excluding carboxylic acids is 1. The summed E-state index contributed by atoms with van der Waals surface area (Å²) in [6, 6.07) is 6.01. The highest BCUT2D eigenvalue weighted by molar-refractivity contribution is 7.85. The lowest BCUT2D eigenvalue weighted by Gasteiger charge is -2.06. The molecule has 12 heteroatoms. The average Bonchev–Trinajstić information content (AvgIpc) is 2.36. The maximum Gasteiger partial charge on any atom is 0.334 e. The van der Waals surface area contributed by atoms with Gasteiger partial charge in [0.15, 0.2) is 0 Å². The number of hydrogen-bond donors (Lipinski definition) is 3. The van der Waals surface area contributed by atoms with Crippen molar-refractivity contribution in [1.82, 2.24) is 0 Å². The first-order chi connectivity index (χ1) is 10.6. The summed E-state index contributed by atoms with van der Waals surface area (Å²) in [7, 11) is -8.76. The normalized spacial score (nSPS) is 12.3. The molecule has 0 aliphatic heterocycles. The van der Waals surface area contributed by atoms with Crippen molar-refractivity contribution in [3.8, 4) is 0 Å². The number of anilines is 1. The molecule has 0 saturated carbocycles. The third kappa shape index (κ3) is 9.76. The van der Waals surface area contributed by atoms with E-state index in [9.17, 15) is 22.3 Å². The number of benzene rings is 1. The molecular formula is C11H14N2O8PS-. The lowest BCUT2D eigenvalue weighted by atomic mass is 10.2. The van der Waals surface area contributed by atoms with Gasteiger partial charge in [-0.2, -0.15) is 0 Å². The van der Waals surface area contributed by atoms with Crippen molar-refractivity contribution in [3.05, 3.63) is 29.8 Å². The van der Waals surface area contributed by atoms with Gasteiger partial charge in [-0.05, 0) is 17.7 Å². The molecule has 0 aliphatic rings. The minimum Gasteiger partial charge on any atom is -0.748 e. The van der Waals surface area contributed by atoms with E-state index in [4.69, 9.17) is 9.79 Å². The predicted molar refractivity (Wildman–Crippen MR) is 80.1 cm³/mol. The van der Waals surface area contributed by atoms with Crippen LogP contribution < -0.4 is 5.32 Å². The molecule has 128 valence electrons. The summed E-state index contributed by atoms with van der Waals surface area (Å²) in [6.07, 6.45) is 0.353. The summed E-state index contributed by atoms with van der Waals surface area (Å²) in [5, 5.41) is 5.78. The Morgan fingerprint density at radius 1 is 1.35 bits per heavy atom. The molecule has 0 aliphatic carbocycles. The molecule has 23 heavy (non-hydrogen) atoms. The number of carbonyl (C=O) groups is 1. The van der Waals surface area contributed by atoms with Crippen LogP contribution >= 0.6 is 7.60 Å². The Hall–Kier alpha value is -1.78. The number of nitrogens with one attached hydrogen (secondary N) is 1. The maximum atomic E-state index is 11.3. The largest absolute Gasteiger partial charge is 0.748 e. The van der Waals surface area contributed by atoms with Crippen molar-refractivity contribution in [2.24, 2.45) is 5.16 Å². The first kappa shape index (κ1) is 19.3. The Morgan fingerprint density at radius 3 is 2.48 bits per heavy atom. The SMILES string of the molecule is O=C(CP(=O)(O)O)Nc1ccc(/C=N\OCCS(=O)(=O)[O-])cc1. The standard InChI is InChI=1S/C11H15N2O8PS/c14-11(8-22(15,16)17)13-10-3-1-9(2-4-10)7-12-21-5-6-23(18,19)20/h1-4,7H,5-6,8H2,(H,13,14)(H2,15,16,17)(H,18,19,20)/p-1/b12-7-. The molecule has 0 atom stereocenters. The van der Waals surface area contributed by atoms with Gasteiger partial charge in [-0.25, -0.2) is 8.42 Å². The molecule has 0 saturated heterocycles. The van der Waals surface area contributed by atoms with Crippen LogP contribution in [0.15, 0.2) is 29.4 Å². The summed E-state index contributed by atoms with van der Waals surface area (Å²) in [5.74, 6) is -1.50. The maximum absolute atomic E-state index is 11.3. The zero-order valence-electron chi connectivity index (χ0n) is 11.7. The van der Waals surface area contributed by atoms with Crippen molar-refractivity contribution < 1.29 is 37.0 Å². The molecule has 1 rings (SSSR count). The van der Waals surface area contributed by atoms with E-state index in [0.29, 0.717) is 11.3 Å². The van der Waals surface area contributed by atoms with Crippen LogP contribution in [0.2, 0.25) is 0 Å². The predicted octanol–water partition coefficient (Wildman–Crippen LogP) is -0.302. The van der Waals surface area contributed by atoms with E-state index < -0.39 is 35.5 Å². The molecule has 0 spiro atoms. The first-order valence-electron chi connectivity index (χ1n) is 6.08. The second kappa shape index (κ2) is 8.18. The zero-order valence-corrected chi connectivity index (χ0v) is 13.4. The van der Waals surface area contributed by atoms with E-state index >= 15 is 0 Å². The van der Waals surface area contributed by atoms with Crippen LogP contribution in [0.1, 0.15) is 5.56 Å². The Kier molecular flexibility index (Phi) is 6.85. The van der Waals surface area contributed by atoms with Crippen molar-refractivity contribution >= 4 is 35.5 Å². The van der Waals surface area contributed by atoms with Crippen LogP contribution in [0.5, 0.6) is 0 Å². The topological polar surface area (TPSA) is 165 Å². The van der Waals surface area contributed by atoms with Gasteiger partial charge in [0.25, 0.3) is 0 Å². The summed E-state index contributed by atoms with van der Waals surface area (Å²) in [4.78, 5) is 33.2. The molecule has 0 aromatic heterocycles. The van der Waals surface area contributed by atoms with Crippen LogP contribution in [0.4, 0.5) is 5.69 Å². The van der Waals surface area contributed by atoms with Crippen molar-refractivity contribution in [3.63, 3.8) is 0 Å². The highest BCUT2D eigenvalue weighted by Crippen LogP contribution is 2.33. The molecule has 0 fully saturated rings. The Labute approximate surface area is 132 Å². The third-order valence-electron chi connectivity index (χ3n) is 2.24. The molecular weight excluding hydrogens is 351 g/mol. The summed E-state index contributed by atoms with van der Waals surface area (Å²) < 4.78 is 41.6. The van der Waals surface area contributed by atoms with Gasteiger partial charge >= 0.3 is 7.60 Å². The fourth-order valence-corrected chi connectivity index (χ4v) is 2.06. The van der Waals surface area contributed by atoms with E-state index in [0.717, 1.165) is 0 Å². The lowest BCUT2D eigenvalue weighted by Crippen LogP contribution is -2.16. The summed E-state index contributed by atoms with van der Waals surface area (Å²) in [6.45, 7) is -0.362. The minimum atomic E-state index is -4.42. The lowest BCUT2D eigenvalue weighted by molar-refractivity contribution is -0.114. The number of amides is 1. The van der Waals surface area contributed by atoms with Crippen LogP contribution in [-0.2, 0) is 24.3 Å². The van der Waals surface area contributed by atoms with Crippen LogP contribution in [0.25, 0.3) is 0 Å². The monoisotopic (exact) mass is 365 g/mol. The molecule has 0 heterocycles. The average molecular weight is 365 g/mol. The summed E-state index contributed by atoms with van der Waals surface area (Å²) >= 11 is 0. The van der Waals surface area contributed by atoms with Gasteiger partial charge in [0.1, 0.15) is 12.8 Å². The van der Waals surface area contributed by atoms with Gasteiger partial charge in [-0.3, -0.25) is 9.36 Å². The fourth-order valence-electron chi connectivity index (χ4n) is 1.33. The van der Waals surface area contributed by atoms with Gasteiger partial charge in [-0.15, -0.1) is 0 Å². The molecule has 0 bridgehead atoms. The van der Waals surface area contributed by atoms with Gasteiger partial charge in [0.2, 0.25) is 5.91 Å². The summed E-state index contributed by atoms with van der Waals surface area (Å²) in [5.41, 5.74) is 0.891. The Bertz CT molecular complexity index is 710. The van der Waals surface area contributed by atoms with Crippen molar-refractivity contribution in [2.45, 2.75) is 0 Å². The molecule has 10 nitrogen and oxygen atoms in total. The van der Waals surface area contributed by atoms with E-state index in [-0.39, 0.29) is 6.61 Å². The quantitative estimate of drug-likeness (QED) is 0.186. The van der Waals surface area contributed by atoms with Crippen molar-refractivity contribution in [1.29, 1.82) is 0 Å². The number of oxime groups is 1. The third-order valence-corrected chi connectivity index (χ3v) is 3.61. The van der Waals surface area contributed by atoms with Gasteiger partial charge < -0.3 is 24.5 Å². The van der Waals surface area contributed by atoms with Crippen molar-refractivity contribution in [2.75, 3.05) is 23.8 Å². The Morgan fingerprint density at radius 2 is 1.96 bits per heavy atom. The molecule has 1 aromatic carbocycles. The smallest absolute Gasteiger partial charge is 0.334 e. The molecule has 1 amide bonds. The number of rotatable bonds is 8. The van der Waals surface area contributed by atoms with Gasteiger partial charge in [-0.1, -0.05) is 17.3 Å². The zero-order chi connectivity index (χ0) is 17.5. The molecule has 0 unspecified atom stereocenters. The number of hydrogen-bond acceptors (Lipinski definition) is 7. The minimum absolute atomic E-state index is 0.332. The second-order valence-electron chi connectivity index (χ2n) is 4.32. The highest BCUT2D eigenvalue weighted by atomic mass is 32.2. The molecule has 3 N–H and O–H groups in total. The van der Waals surface area contributed by atoms with E-state index in [1.165, 1.54) is 30.5 Å². The van der Waals surface area contributed by atoms with E-state index in [1.54, 1.807) is 0 Å². The highest BCUT2D eigenvalue weighted by Gasteiger charge is 2.18. The van der Waals surface area contributed by atoms with Gasteiger partial charge in [0.05, 0.1) is 22.1 Å². The van der Waals surface area contributed by atoms with Crippen LogP contribution in [-0.4, -0.2) is 53.4 Å².